The number of hydrogen-bond acceptors (Lipinski definition) is 5. The summed E-state index contributed by atoms with van der Waals surface area (Å²) in [5.41, 5.74) is 0.714. The van der Waals surface area contributed by atoms with E-state index in [2.05, 4.69) is 10.3 Å². The van der Waals surface area contributed by atoms with Gasteiger partial charge in [0.05, 0.1) is 11.5 Å². The van der Waals surface area contributed by atoms with Crippen LogP contribution in [0.5, 0.6) is 5.88 Å². The van der Waals surface area contributed by atoms with Crippen LogP contribution in [0.2, 0.25) is 5.02 Å². The van der Waals surface area contributed by atoms with Crippen LogP contribution in [0.3, 0.4) is 0 Å². The molecule has 0 bridgehead atoms. The molecule has 1 fully saturated rings. The second kappa shape index (κ2) is 9.13. The average Bonchev–Trinajstić information content (AvgIpc) is 3.23. The summed E-state index contributed by atoms with van der Waals surface area (Å²) in [6.45, 7) is 2.67. The molecule has 3 rings (SSSR count). The smallest absolute Gasteiger partial charge is 0.242 e. The van der Waals surface area contributed by atoms with E-state index < -0.39 is 20.5 Å². The fraction of sp³-hybridized carbons (Fsp3) is 0.429. The number of pyridine rings is 1. The molecule has 0 aliphatic heterocycles. The maximum atomic E-state index is 13.4. The fourth-order valence-corrected chi connectivity index (χ4v) is 5.84. The molecule has 0 atom stereocenters. The summed E-state index contributed by atoms with van der Waals surface area (Å²) in [6, 6.07) is 9.55. The van der Waals surface area contributed by atoms with Crippen LogP contribution < -0.4 is 10.1 Å². The third-order valence-electron chi connectivity index (χ3n) is 5.20. The van der Waals surface area contributed by atoms with Gasteiger partial charge in [0, 0.05) is 23.3 Å². The van der Waals surface area contributed by atoms with Gasteiger partial charge < -0.3 is 10.1 Å². The zero-order valence-corrected chi connectivity index (χ0v) is 17.9. The topological polar surface area (TPSA) is 85.4 Å². The minimum absolute atomic E-state index is 0.118. The molecule has 29 heavy (non-hydrogen) atoms. The molecule has 1 aliphatic carbocycles. The lowest BCUT2D eigenvalue weighted by molar-refractivity contribution is -0.123. The number of hydrogen-bond donors (Lipinski definition) is 1. The van der Waals surface area contributed by atoms with Crippen molar-refractivity contribution in [1.29, 1.82) is 0 Å². The number of benzene rings is 1. The highest BCUT2D eigenvalue weighted by atomic mass is 35.5. The van der Waals surface area contributed by atoms with Crippen LogP contribution in [-0.2, 0) is 21.2 Å². The first-order chi connectivity index (χ1) is 13.9. The summed E-state index contributed by atoms with van der Waals surface area (Å²) >= 11 is 5.90. The molecular weight excluding hydrogens is 412 g/mol. The first kappa shape index (κ1) is 21.6. The number of nitrogens with one attached hydrogen (secondary N) is 1. The summed E-state index contributed by atoms with van der Waals surface area (Å²) in [6.07, 6.45) is 4.45. The van der Waals surface area contributed by atoms with Crippen LogP contribution in [0.25, 0.3) is 0 Å². The predicted molar refractivity (Wildman–Crippen MR) is 112 cm³/mol. The average molecular weight is 437 g/mol. The molecule has 1 aliphatic rings. The van der Waals surface area contributed by atoms with E-state index >= 15 is 0 Å². The molecule has 0 saturated heterocycles. The van der Waals surface area contributed by atoms with Crippen LogP contribution in [0.15, 0.2) is 47.5 Å². The molecule has 2 aromatic rings. The van der Waals surface area contributed by atoms with Gasteiger partial charge >= 0.3 is 0 Å². The molecule has 1 aromatic carbocycles. The number of halogens is 1. The van der Waals surface area contributed by atoms with Gasteiger partial charge in [-0.05, 0) is 49.6 Å². The highest BCUT2D eigenvalue weighted by Crippen LogP contribution is 2.41. The van der Waals surface area contributed by atoms with E-state index in [1.54, 1.807) is 12.3 Å². The quantitative estimate of drug-likeness (QED) is 0.677. The lowest BCUT2D eigenvalue weighted by Crippen LogP contribution is -2.50. The van der Waals surface area contributed by atoms with Crippen molar-refractivity contribution >= 4 is 27.3 Å². The molecular formula is C21H25ClN2O4S. The van der Waals surface area contributed by atoms with Gasteiger partial charge in [-0.3, -0.25) is 4.79 Å². The number of nitrogens with zero attached hydrogens (tertiary/aromatic N) is 1. The van der Waals surface area contributed by atoms with Gasteiger partial charge in [0.1, 0.15) is 0 Å². The fourth-order valence-electron chi connectivity index (χ4n) is 3.63. The van der Waals surface area contributed by atoms with Crippen molar-refractivity contribution in [2.24, 2.45) is 0 Å². The monoisotopic (exact) mass is 436 g/mol. The molecule has 0 radical (unpaired) electrons. The molecule has 0 spiro atoms. The SMILES string of the molecule is CCCOc1ncccc1CNC(=O)C1(S(=O)(=O)c2ccc(Cl)cc2)CCCC1. The minimum atomic E-state index is -3.86. The third kappa shape index (κ3) is 4.41. The lowest BCUT2D eigenvalue weighted by Gasteiger charge is -2.27. The van der Waals surface area contributed by atoms with Crippen molar-refractivity contribution in [2.75, 3.05) is 6.61 Å². The van der Waals surface area contributed by atoms with Gasteiger partial charge in [-0.25, -0.2) is 13.4 Å². The van der Waals surface area contributed by atoms with Crippen LogP contribution >= 0.6 is 11.6 Å². The summed E-state index contributed by atoms with van der Waals surface area (Å²) in [5, 5.41) is 3.27. The summed E-state index contributed by atoms with van der Waals surface area (Å²) < 4.78 is 30.9. The highest BCUT2D eigenvalue weighted by Gasteiger charge is 2.52. The molecule has 1 N–H and O–H groups in total. The summed E-state index contributed by atoms with van der Waals surface area (Å²) in [4.78, 5) is 17.5. The van der Waals surface area contributed by atoms with Crippen LogP contribution in [0.1, 0.15) is 44.6 Å². The molecule has 1 heterocycles. The van der Waals surface area contributed by atoms with Crippen molar-refractivity contribution in [1.82, 2.24) is 10.3 Å². The lowest BCUT2D eigenvalue weighted by atomic mass is 10.1. The minimum Gasteiger partial charge on any atom is -0.477 e. The largest absolute Gasteiger partial charge is 0.477 e. The zero-order valence-electron chi connectivity index (χ0n) is 16.4. The van der Waals surface area contributed by atoms with E-state index in [-0.39, 0.29) is 11.4 Å². The molecule has 1 aromatic heterocycles. The Morgan fingerprint density at radius 1 is 1.21 bits per heavy atom. The molecule has 1 amide bonds. The second-order valence-electron chi connectivity index (χ2n) is 7.16. The maximum absolute atomic E-state index is 13.4. The maximum Gasteiger partial charge on any atom is 0.242 e. The Morgan fingerprint density at radius 3 is 2.55 bits per heavy atom. The first-order valence-electron chi connectivity index (χ1n) is 9.76. The molecule has 8 heteroatoms. The van der Waals surface area contributed by atoms with Gasteiger partial charge in [-0.15, -0.1) is 0 Å². The Bertz CT molecular complexity index is 955. The van der Waals surface area contributed by atoms with E-state index in [4.69, 9.17) is 16.3 Å². The molecule has 6 nitrogen and oxygen atoms in total. The predicted octanol–water partition coefficient (Wildman–Crippen LogP) is 3.93. The van der Waals surface area contributed by atoms with Crippen LogP contribution in [0.4, 0.5) is 0 Å². The Balaban J connectivity index is 1.83. The number of sulfone groups is 1. The number of ether oxygens (including phenoxy) is 1. The number of carbonyl (C=O) groups is 1. The van der Waals surface area contributed by atoms with Crippen LogP contribution in [0, 0.1) is 0 Å². The van der Waals surface area contributed by atoms with E-state index in [9.17, 15) is 13.2 Å². The Labute approximate surface area is 176 Å². The van der Waals surface area contributed by atoms with Crippen molar-refractivity contribution < 1.29 is 17.9 Å². The molecule has 0 unspecified atom stereocenters. The Hall–Kier alpha value is -2.12. The molecule has 1 saturated carbocycles. The summed E-state index contributed by atoms with van der Waals surface area (Å²) in [5.74, 6) is -0.0223. The number of carbonyl (C=O) groups excluding carboxylic acids is 1. The Morgan fingerprint density at radius 2 is 1.90 bits per heavy atom. The molecule has 156 valence electrons. The third-order valence-corrected chi connectivity index (χ3v) is 7.96. The van der Waals surface area contributed by atoms with Crippen molar-refractivity contribution in [3.8, 4) is 5.88 Å². The Kier molecular flexibility index (Phi) is 6.80. The standard InChI is InChI=1S/C21H25ClN2O4S/c1-2-14-28-19-16(6-5-13-23-19)15-24-20(25)21(11-3-4-12-21)29(26,27)18-9-7-17(22)8-10-18/h5-10,13H,2-4,11-12,14-15H2,1H3,(H,24,25). The van der Waals surface area contributed by atoms with Crippen LogP contribution in [-0.4, -0.2) is 30.7 Å². The van der Waals surface area contributed by atoms with E-state index in [0.717, 1.165) is 6.42 Å². The van der Waals surface area contributed by atoms with Gasteiger partial charge in [0.25, 0.3) is 0 Å². The number of amides is 1. The van der Waals surface area contributed by atoms with Gasteiger partial charge in [0.15, 0.2) is 14.6 Å². The van der Waals surface area contributed by atoms with Crippen molar-refractivity contribution in [3.63, 3.8) is 0 Å². The van der Waals surface area contributed by atoms with Gasteiger partial charge in [-0.1, -0.05) is 37.4 Å². The van der Waals surface area contributed by atoms with E-state index in [0.29, 0.717) is 48.8 Å². The zero-order chi connectivity index (χ0) is 20.9. The summed E-state index contributed by atoms with van der Waals surface area (Å²) in [7, 11) is -3.86. The first-order valence-corrected chi connectivity index (χ1v) is 11.6. The van der Waals surface area contributed by atoms with E-state index in [1.165, 1.54) is 24.3 Å². The van der Waals surface area contributed by atoms with Gasteiger partial charge in [-0.2, -0.15) is 0 Å². The normalized spacial score (nSPS) is 15.8. The van der Waals surface area contributed by atoms with Gasteiger partial charge in [0.2, 0.25) is 11.8 Å². The van der Waals surface area contributed by atoms with E-state index in [1.807, 2.05) is 13.0 Å². The highest BCUT2D eigenvalue weighted by molar-refractivity contribution is 7.93. The van der Waals surface area contributed by atoms with Crippen molar-refractivity contribution in [3.05, 3.63) is 53.2 Å². The van der Waals surface area contributed by atoms with Crippen molar-refractivity contribution in [2.45, 2.75) is 55.2 Å². The second-order valence-corrected chi connectivity index (χ2v) is 9.85. The number of aromatic nitrogens is 1. The number of rotatable bonds is 8.